The smallest absolute Gasteiger partial charge is 0.181 e. The first kappa shape index (κ1) is 10.6. The van der Waals surface area contributed by atoms with Crippen LogP contribution < -0.4 is 5.73 Å². The Labute approximate surface area is 99.7 Å². The second-order valence-corrected chi connectivity index (χ2v) is 3.69. The van der Waals surface area contributed by atoms with Gasteiger partial charge in [-0.25, -0.2) is 18.7 Å². The molecule has 0 saturated carbocycles. The van der Waals surface area contributed by atoms with Crippen molar-refractivity contribution in [3.05, 3.63) is 36.0 Å². The van der Waals surface area contributed by atoms with E-state index in [0.29, 0.717) is 22.4 Å². The van der Waals surface area contributed by atoms with Crippen LogP contribution >= 0.6 is 0 Å². The molecule has 3 N–H and O–H groups in total. The molecule has 7 heteroatoms. The molecule has 3 heterocycles. The molecule has 3 aromatic heterocycles. The van der Waals surface area contributed by atoms with E-state index in [0.717, 1.165) is 6.20 Å². The largest absolute Gasteiger partial charge is 0.381 e. The predicted molar refractivity (Wildman–Crippen MR) is 61.4 cm³/mol. The Balaban J connectivity index is 2.24. The van der Waals surface area contributed by atoms with Gasteiger partial charge in [0.1, 0.15) is 5.82 Å². The van der Waals surface area contributed by atoms with Crippen LogP contribution in [-0.2, 0) is 0 Å². The molecule has 0 radical (unpaired) electrons. The molecule has 0 saturated heterocycles. The number of H-pyrrole nitrogens is 1. The van der Waals surface area contributed by atoms with E-state index in [1.165, 1.54) is 18.2 Å². The van der Waals surface area contributed by atoms with Crippen LogP contribution in [-0.4, -0.2) is 20.2 Å². The van der Waals surface area contributed by atoms with Crippen LogP contribution in [0.5, 0.6) is 0 Å². The minimum absolute atomic E-state index is 0.223. The lowest BCUT2D eigenvalue weighted by atomic mass is 10.2. The highest BCUT2D eigenvalue weighted by atomic mass is 19.1. The molecular formula is C11H7F2N5. The maximum Gasteiger partial charge on any atom is 0.181 e. The van der Waals surface area contributed by atoms with Crippen molar-refractivity contribution in [1.82, 2.24) is 20.2 Å². The van der Waals surface area contributed by atoms with E-state index in [9.17, 15) is 8.78 Å². The number of fused-ring (bicyclic) bond motifs is 1. The average Bonchev–Trinajstić information content (AvgIpc) is 2.75. The zero-order chi connectivity index (χ0) is 12.7. The lowest BCUT2D eigenvalue weighted by molar-refractivity contribution is 0.624. The van der Waals surface area contributed by atoms with E-state index in [1.54, 1.807) is 0 Å². The molecule has 5 nitrogen and oxygen atoms in total. The molecule has 3 aromatic rings. The van der Waals surface area contributed by atoms with Crippen molar-refractivity contribution in [3.63, 3.8) is 0 Å². The summed E-state index contributed by atoms with van der Waals surface area (Å²) >= 11 is 0. The van der Waals surface area contributed by atoms with Gasteiger partial charge in [0.2, 0.25) is 0 Å². The zero-order valence-electron chi connectivity index (χ0n) is 8.98. The van der Waals surface area contributed by atoms with Crippen LogP contribution in [0.3, 0.4) is 0 Å². The average molecular weight is 247 g/mol. The molecule has 0 fully saturated rings. The van der Waals surface area contributed by atoms with Crippen molar-refractivity contribution >= 4 is 16.9 Å². The Morgan fingerprint density at radius 1 is 1.22 bits per heavy atom. The normalized spacial score (nSPS) is 11.0. The Hall–Kier alpha value is -2.57. The summed E-state index contributed by atoms with van der Waals surface area (Å²) in [6.45, 7) is 0. The van der Waals surface area contributed by atoms with Gasteiger partial charge in [-0.1, -0.05) is 0 Å². The molecule has 0 unspecified atom stereocenters. The van der Waals surface area contributed by atoms with Gasteiger partial charge in [-0.05, 0) is 18.2 Å². The lowest BCUT2D eigenvalue weighted by Gasteiger charge is -2.00. The first-order valence-electron chi connectivity index (χ1n) is 5.07. The van der Waals surface area contributed by atoms with Crippen LogP contribution in [0.25, 0.3) is 22.4 Å². The second-order valence-electron chi connectivity index (χ2n) is 3.69. The Bertz CT molecular complexity index is 737. The maximum absolute atomic E-state index is 13.1. The first-order chi connectivity index (χ1) is 8.65. The number of nitrogens with one attached hydrogen (secondary N) is 1. The number of rotatable bonds is 1. The van der Waals surface area contributed by atoms with Crippen molar-refractivity contribution in [2.75, 3.05) is 5.73 Å². The molecule has 90 valence electrons. The summed E-state index contributed by atoms with van der Waals surface area (Å²) in [5, 5.41) is 7.06. The number of nitrogen functional groups attached to an aromatic ring is 1. The fourth-order valence-corrected chi connectivity index (χ4v) is 1.67. The number of hydrogen-bond donors (Lipinski definition) is 2. The molecule has 3 rings (SSSR count). The van der Waals surface area contributed by atoms with Gasteiger partial charge >= 0.3 is 0 Å². The van der Waals surface area contributed by atoms with Gasteiger partial charge in [0, 0.05) is 0 Å². The number of anilines is 1. The van der Waals surface area contributed by atoms with Gasteiger partial charge < -0.3 is 5.73 Å². The van der Waals surface area contributed by atoms with Gasteiger partial charge in [-0.3, -0.25) is 5.10 Å². The summed E-state index contributed by atoms with van der Waals surface area (Å²) in [4.78, 5) is 7.69. The fraction of sp³-hybridized carbons (Fsp3) is 0. The highest BCUT2D eigenvalue weighted by molar-refractivity contribution is 5.89. The molecular weight excluding hydrogens is 240 g/mol. The van der Waals surface area contributed by atoms with Crippen molar-refractivity contribution in [2.45, 2.75) is 0 Å². The summed E-state index contributed by atoms with van der Waals surface area (Å²) in [7, 11) is 0. The summed E-state index contributed by atoms with van der Waals surface area (Å²) in [5.41, 5.74) is 6.57. The number of nitrogens with two attached hydrogens (primary N) is 1. The van der Waals surface area contributed by atoms with E-state index in [1.807, 2.05) is 0 Å². The summed E-state index contributed by atoms with van der Waals surface area (Å²) in [5.74, 6) is -1.31. The molecule has 0 aliphatic heterocycles. The van der Waals surface area contributed by atoms with E-state index < -0.39 is 11.6 Å². The molecule has 0 bridgehead atoms. The quantitative estimate of drug-likeness (QED) is 0.688. The predicted octanol–water partition coefficient (Wildman–Crippen LogP) is 1.88. The third-order valence-electron chi connectivity index (χ3n) is 2.51. The summed E-state index contributed by atoms with van der Waals surface area (Å²) in [6.07, 6.45) is 1.07. The summed E-state index contributed by atoms with van der Waals surface area (Å²) in [6, 6.07) is 3.91. The van der Waals surface area contributed by atoms with E-state index in [2.05, 4.69) is 20.2 Å². The van der Waals surface area contributed by atoms with E-state index >= 15 is 0 Å². The van der Waals surface area contributed by atoms with Crippen LogP contribution in [0, 0.1) is 11.6 Å². The highest BCUT2D eigenvalue weighted by Crippen LogP contribution is 2.25. The Morgan fingerprint density at radius 2 is 2.06 bits per heavy atom. The van der Waals surface area contributed by atoms with Crippen molar-refractivity contribution in [1.29, 1.82) is 0 Å². The number of pyridine rings is 2. The van der Waals surface area contributed by atoms with Gasteiger partial charge in [-0.2, -0.15) is 5.10 Å². The van der Waals surface area contributed by atoms with E-state index in [-0.39, 0.29) is 5.82 Å². The van der Waals surface area contributed by atoms with E-state index in [4.69, 9.17) is 5.73 Å². The topological polar surface area (TPSA) is 80.5 Å². The maximum atomic E-state index is 13.1. The molecule has 0 amide bonds. The van der Waals surface area contributed by atoms with Crippen molar-refractivity contribution in [3.8, 4) is 11.4 Å². The van der Waals surface area contributed by atoms with Crippen molar-refractivity contribution in [2.24, 2.45) is 0 Å². The fourth-order valence-electron chi connectivity index (χ4n) is 1.67. The number of hydrogen-bond acceptors (Lipinski definition) is 4. The lowest BCUT2D eigenvalue weighted by Crippen LogP contribution is -1.96. The monoisotopic (exact) mass is 247 g/mol. The number of aromatic nitrogens is 4. The van der Waals surface area contributed by atoms with Crippen LogP contribution in [0.2, 0.25) is 0 Å². The summed E-state index contributed by atoms with van der Waals surface area (Å²) < 4.78 is 26.2. The molecule has 0 aromatic carbocycles. The zero-order valence-corrected chi connectivity index (χ0v) is 8.98. The second kappa shape index (κ2) is 3.73. The highest BCUT2D eigenvalue weighted by Gasteiger charge is 2.12. The molecule has 0 aliphatic rings. The third kappa shape index (κ3) is 1.56. The van der Waals surface area contributed by atoms with Crippen LogP contribution in [0.1, 0.15) is 0 Å². The standard InChI is InChI=1S/C11H7F2N5/c12-5-3-6-9(17-18-11(6)15-4-5)8-2-1-7(13)10(14)16-8/h1-4H,(H2,14,16)(H,15,17,18). The molecule has 0 spiro atoms. The first-order valence-corrected chi connectivity index (χ1v) is 5.07. The minimum atomic E-state index is -0.605. The Morgan fingerprint density at radius 3 is 2.83 bits per heavy atom. The van der Waals surface area contributed by atoms with Gasteiger partial charge in [-0.15, -0.1) is 0 Å². The van der Waals surface area contributed by atoms with Crippen LogP contribution in [0.15, 0.2) is 24.4 Å². The SMILES string of the molecule is Nc1nc(-c2[nH]nc3ncc(F)cc23)ccc1F. The third-order valence-corrected chi connectivity index (χ3v) is 2.51. The molecule has 18 heavy (non-hydrogen) atoms. The number of halogens is 2. The van der Waals surface area contributed by atoms with Gasteiger partial charge in [0.25, 0.3) is 0 Å². The molecule has 0 aliphatic carbocycles. The molecule has 0 atom stereocenters. The van der Waals surface area contributed by atoms with Crippen LogP contribution in [0.4, 0.5) is 14.6 Å². The number of aromatic amines is 1. The van der Waals surface area contributed by atoms with Crippen molar-refractivity contribution < 1.29 is 8.78 Å². The van der Waals surface area contributed by atoms with Gasteiger partial charge in [0.05, 0.1) is 23.0 Å². The van der Waals surface area contributed by atoms with Gasteiger partial charge in [0.15, 0.2) is 17.3 Å². The Kier molecular flexibility index (Phi) is 2.19. The minimum Gasteiger partial charge on any atom is -0.381 e. The number of nitrogens with zero attached hydrogens (tertiary/aromatic N) is 3.